The number of benzene rings is 1. The summed E-state index contributed by atoms with van der Waals surface area (Å²) in [5.41, 5.74) is 1.23. The summed E-state index contributed by atoms with van der Waals surface area (Å²) in [5.74, 6) is 0.853. The van der Waals surface area contributed by atoms with E-state index in [9.17, 15) is 8.42 Å². The fourth-order valence-electron chi connectivity index (χ4n) is 2.43. The Morgan fingerprint density at radius 3 is 2.56 bits per heavy atom. The van der Waals surface area contributed by atoms with Gasteiger partial charge >= 0.3 is 0 Å². The van der Waals surface area contributed by atoms with Crippen LogP contribution in [0.2, 0.25) is 0 Å². The zero-order chi connectivity index (χ0) is 13.0. The maximum atomic E-state index is 11.7. The van der Waals surface area contributed by atoms with Gasteiger partial charge in [0.15, 0.2) is 9.84 Å². The van der Waals surface area contributed by atoms with E-state index >= 15 is 0 Å². The van der Waals surface area contributed by atoms with Gasteiger partial charge < -0.3 is 5.32 Å². The van der Waals surface area contributed by atoms with Crippen LogP contribution in [0.1, 0.15) is 25.3 Å². The molecule has 1 aliphatic heterocycles. The van der Waals surface area contributed by atoms with E-state index in [1.54, 1.807) is 19.1 Å². The first kappa shape index (κ1) is 13.6. The SMILES string of the molecule is CCS(=O)(=O)c1ccc(CC2CCCNC2)cc1. The number of nitrogens with one attached hydrogen (secondary N) is 1. The lowest BCUT2D eigenvalue weighted by molar-refractivity contribution is 0.376. The van der Waals surface area contributed by atoms with E-state index in [1.807, 2.05) is 12.1 Å². The number of rotatable bonds is 4. The minimum atomic E-state index is -3.06. The van der Waals surface area contributed by atoms with Crippen LogP contribution in [0.25, 0.3) is 0 Å². The number of sulfone groups is 1. The predicted molar refractivity (Wildman–Crippen MR) is 73.5 cm³/mol. The monoisotopic (exact) mass is 267 g/mol. The molecule has 1 fully saturated rings. The van der Waals surface area contributed by atoms with E-state index in [2.05, 4.69) is 5.32 Å². The van der Waals surface area contributed by atoms with Gasteiger partial charge in [-0.2, -0.15) is 0 Å². The van der Waals surface area contributed by atoms with E-state index in [1.165, 1.54) is 18.4 Å². The molecule has 1 unspecified atom stereocenters. The minimum Gasteiger partial charge on any atom is -0.316 e. The third-order valence-electron chi connectivity index (χ3n) is 3.59. The molecule has 0 amide bonds. The van der Waals surface area contributed by atoms with Crippen molar-refractivity contribution < 1.29 is 8.42 Å². The standard InChI is InChI=1S/C14H21NO2S/c1-2-18(16,17)14-7-5-12(6-8-14)10-13-4-3-9-15-11-13/h5-8,13,15H,2-4,9-11H2,1H3. The van der Waals surface area contributed by atoms with Gasteiger partial charge in [-0.15, -0.1) is 0 Å². The van der Waals surface area contributed by atoms with Crippen LogP contribution >= 0.6 is 0 Å². The molecule has 1 heterocycles. The topological polar surface area (TPSA) is 46.2 Å². The van der Waals surface area contributed by atoms with E-state index < -0.39 is 9.84 Å². The smallest absolute Gasteiger partial charge is 0.178 e. The third-order valence-corrected chi connectivity index (χ3v) is 5.34. The summed E-state index contributed by atoms with van der Waals surface area (Å²) in [6.45, 7) is 3.89. The van der Waals surface area contributed by atoms with Crippen molar-refractivity contribution in [1.29, 1.82) is 0 Å². The molecular formula is C14H21NO2S. The van der Waals surface area contributed by atoms with Gasteiger partial charge in [0.05, 0.1) is 10.6 Å². The Hall–Kier alpha value is -0.870. The highest BCUT2D eigenvalue weighted by molar-refractivity contribution is 7.91. The molecule has 2 rings (SSSR count). The first-order chi connectivity index (χ1) is 8.62. The van der Waals surface area contributed by atoms with Crippen LogP contribution in [-0.4, -0.2) is 27.3 Å². The summed E-state index contributed by atoms with van der Waals surface area (Å²) in [7, 11) is -3.06. The zero-order valence-electron chi connectivity index (χ0n) is 10.9. The Labute approximate surface area is 110 Å². The van der Waals surface area contributed by atoms with Gasteiger partial charge in [-0.3, -0.25) is 0 Å². The molecule has 0 radical (unpaired) electrons. The van der Waals surface area contributed by atoms with E-state index in [-0.39, 0.29) is 5.75 Å². The second-order valence-corrected chi connectivity index (χ2v) is 7.24. The van der Waals surface area contributed by atoms with Crippen LogP contribution < -0.4 is 5.32 Å². The van der Waals surface area contributed by atoms with Crippen molar-refractivity contribution in [2.45, 2.75) is 31.1 Å². The summed E-state index contributed by atoms with van der Waals surface area (Å²) < 4.78 is 23.4. The van der Waals surface area contributed by atoms with Crippen LogP contribution in [0.3, 0.4) is 0 Å². The molecule has 0 aliphatic carbocycles. The Kier molecular flexibility index (Phi) is 4.40. The molecule has 0 spiro atoms. The third kappa shape index (κ3) is 3.33. The Morgan fingerprint density at radius 2 is 2.00 bits per heavy atom. The van der Waals surface area contributed by atoms with Gasteiger partial charge in [-0.1, -0.05) is 19.1 Å². The second-order valence-electron chi connectivity index (χ2n) is 4.96. The van der Waals surface area contributed by atoms with Crippen molar-refractivity contribution in [3.63, 3.8) is 0 Å². The van der Waals surface area contributed by atoms with Gasteiger partial charge in [0, 0.05) is 0 Å². The quantitative estimate of drug-likeness (QED) is 0.908. The van der Waals surface area contributed by atoms with Crippen molar-refractivity contribution in [1.82, 2.24) is 5.32 Å². The maximum Gasteiger partial charge on any atom is 0.178 e. The normalized spacial score (nSPS) is 20.8. The zero-order valence-corrected chi connectivity index (χ0v) is 11.7. The van der Waals surface area contributed by atoms with Gasteiger partial charge in [-0.05, 0) is 56.0 Å². The average Bonchev–Trinajstić information content (AvgIpc) is 2.40. The van der Waals surface area contributed by atoms with Gasteiger partial charge in [0.1, 0.15) is 0 Å². The summed E-state index contributed by atoms with van der Waals surface area (Å²) in [5, 5.41) is 3.40. The molecule has 1 aromatic rings. The van der Waals surface area contributed by atoms with Crippen molar-refractivity contribution in [2.24, 2.45) is 5.92 Å². The number of hydrogen-bond donors (Lipinski definition) is 1. The first-order valence-electron chi connectivity index (χ1n) is 6.64. The molecule has 4 heteroatoms. The highest BCUT2D eigenvalue weighted by Crippen LogP contribution is 2.18. The lowest BCUT2D eigenvalue weighted by Gasteiger charge is -2.22. The van der Waals surface area contributed by atoms with Crippen LogP contribution in [0.4, 0.5) is 0 Å². The Morgan fingerprint density at radius 1 is 1.28 bits per heavy atom. The fourth-order valence-corrected chi connectivity index (χ4v) is 3.32. The molecule has 1 aromatic carbocycles. The largest absolute Gasteiger partial charge is 0.316 e. The van der Waals surface area contributed by atoms with E-state index in [0.717, 1.165) is 19.5 Å². The maximum absolute atomic E-state index is 11.7. The van der Waals surface area contributed by atoms with Crippen LogP contribution in [0.5, 0.6) is 0 Å². The molecular weight excluding hydrogens is 246 g/mol. The Bertz CT molecular complexity index is 473. The molecule has 1 atom stereocenters. The summed E-state index contributed by atoms with van der Waals surface area (Å²) in [6, 6.07) is 7.39. The molecule has 18 heavy (non-hydrogen) atoms. The van der Waals surface area contributed by atoms with E-state index in [0.29, 0.717) is 10.8 Å². The molecule has 0 aromatic heterocycles. The summed E-state index contributed by atoms with van der Waals surface area (Å²) >= 11 is 0. The first-order valence-corrected chi connectivity index (χ1v) is 8.29. The summed E-state index contributed by atoms with van der Waals surface area (Å²) in [4.78, 5) is 0.440. The fraction of sp³-hybridized carbons (Fsp3) is 0.571. The van der Waals surface area contributed by atoms with Crippen LogP contribution in [0.15, 0.2) is 29.2 Å². The van der Waals surface area contributed by atoms with Crippen molar-refractivity contribution >= 4 is 9.84 Å². The van der Waals surface area contributed by atoms with Crippen LogP contribution in [0, 0.1) is 5.92 Å². The minimum absolute atomic E-state index is 0.166. The predicted octanol–water partition coefficient (Wildman–Crippen LogP) is 2.02. The molecule has 0 bridgehead atoms. The lowest BCUT2D eigenvalue weighted by Crippen LogP contribution is -2.30. The van der Waals surface area contributed by atoms with Gasteiger partial charge in [0.25, 0.3) is 0 Å². The molecule has 1 N–H and O–H groups in total. The van der Waals surface area contributed by atoms with Gasteiger partial charge in [0.2, 0.25) is 0 Å². The molecule has 1 saturated heterocycles. The molecule has 1 aliphatic rings. The van der Waals surface area contributed by atoms with E-state index in [4.69, 9.17) is 0 Å². The van der Waals surface area contributed by atoms with Gasteiger partial charge in [-0.25, -0.2) is 8.42 Å². The van der Waals surface area contributed by atoms with Crippen molar-refractivity contribution in [3.05, 3.63) is 29.8 Å². The molecule has 0 saturated carbocycles. The number of piperidine rings is 1. The molecule has 3 nitrogen and oxygen atoms in total. The lowest BCUT2D eigenvalue weighted by atomic mass is 9.92. The number of hydrogen-bond acceptors (Lipinski definition) is 3. The van der Waals surface area contributed by atoms with Crippen molar-refractivity contribution in [2.75, 3.05) is 18.8 Å². The highest BCUT2D eigenvalue weighted by Gasteiger charge is 2.15. The summed E-state index contributed by atoms with van der Waals surface area (Å²) in [6.07, 6.45) is 3.55. The van der Waals surface area contributed by atoms with Crippen LogP contribution in [-0.2, 0) is 16.3 Å². The Balaban J connectivity index is 2.03. The second kappa shape index (κ2) is 5.85. The highest BCUT2D eigenvalue weighted by atomic mass is 32.2. The average molecular weight is 267 g/mol. The van der Waals surface area contributed by atoms with Crippen molar-refractivity contribution in [3.8, 4) is 0 Å². The molecule has 100 valence electrons.